The number of anilines is 2. The van der Waals surface area contributed by atoms with Crippen LogP contribution in [-0.2, 0) is 6.54 Å². The molecule has 158 valence electrons. The standard InChI is InChI=1S/C25H23ClFN3O/c26-21-16-19(27)10-11-23(21)30-24(31)20-8-4-5-9-22(20)28-25(30)12-14-29(15-13-25)17-18-6-2-1-3-7-18/h1-11,16,28H,12-15,17H2. The van der Waals surface area contributed by atoms with E-state index < -0.39 is 11.5 Å². The predicted molar refractivity (Wildman–Crippen MR) is 122 cm³/mol. The van der Waals surface area contributed by atoms with Gasteiger partial charge in [-0.25, -0.2) is 4.39 Å². The van der Waals surface area contributed by atoms with E-state index in [-0.39, 0.29) is 10.9 Å². The van der Waals surface area contributed by atoms with Gasteiger partial charge in [0.2, 0.25) is 0 Å². The molecule has 0 aromatic heterocycles. The van der Waals surface area contributed by atoms with Crippen LogP contribution in [0.4, 0.5) is 15.8 Å². The van der Waals surface area contributed by atoms with E-state index in [4.69, 9.17) is 11.6 Å². The van der Waals surface area contributed by atoms with E-state index in [0.717, 1.165) is 38.2 Å². The second-order valence-corrected chi connectivity index (χ2v) is 8.61. The second kappa shape index (κ2) is 7.98. The topological polar surface area (TPSA) is 35.6 Å². The van der Waals surface area contributed by atoms with E-state index in [9.17, 15) is 9.18 Å². The van der Waals surface area contributed by atoms with E-state index in [0.29, 0.717) is 11.3 Å². The lowest BCUT2D eigenvalue weighted by Gasteiger charge is -2.52. The maximum atomic E-state index is 13.7. The summed E-state index contributed by atoms with van der Waals surface area (Å²) in [7, 11) is 0. The van der Waals surface area contributed by atoms with Crippen molar-refractivity contribution in [2.24, 2.45) is 0 Å². The van der Waals surface area contributed by atoms with Gasteiger partial charge in [-0.05, 0) is 35.9 Å². The number of halogens is 2. The Balaban J connectivity index is 1.49. The number of carbonyl (C=O) groups excluding carboxylic acids is 1. The molecule has 0 aliphatic carbocycles. The molecule has 2 aliphatic heterocycles. The molecule has 0 unspecified atom stereocenters. The average molecular weight is 436 g/mol. The number of fused-ring (bicyclic) bond motifs is 1. The molecule has 3 aromatic carbocycles. The maximum Gasteiger partial charge on any atom is 0.262 e. The van der Waals surface area contributed by atoms with E-state index in [1.165, 1.54) is 17.7 Å². The van der Waals surface area contributed by atoms with Crippen LogP contribution in [-0.4, -0.2) is 29.6 Å². The second-order valence-electron chi connectivity index (χ2n) is 8.20. The van der Waals surface area contributed by atoms with Crippen LogP contribution in [0.3, 0.4) is 0 Å². The van der Waals surface area contributed by atoms with Crippen molar-refractivity contribution in [2.75, 3.05) is 23.3 Å². The number of likely N-dealkylation sites (tertiary alicyclic amines) is 1. The predicted octanol–water partition coefficient (Wildman–Crippen LogP) is 5.54. The zero-order chi connectivity index (χ0) is 21.4. The molecule has 2 heterocycles. The number of piperidine rings is 1. The number of amides is 1. The number of rotatable bonds is 3. The van der Waals surface area contributed by atoms with Crippen LogP contribution in [0.2, 0.25) is 5.02 Å². The summed E-state index contributed by atoms with van der Waals surface area (Å²) in [4.78, 5) is 17.8. The smallest absolute Gasteiger partial charge is 0.262 e. The monoisotopic (exact) mass is 435 g/mol. The minimum Gasteiger partial charge on any atom is -0.362 e. The summed E-state index contributed by atoms with van der Waals surface area (Å²) in [6.07, 6.45) is 1.46. The van der Waals surface area contributed by atoms with Gasteiger partial charge in [-0.15, -0.1) is 0 Å². The van der Waals surface area contributed by atoms with Gasteiger partial charge in [-0.2, -0.15) is 0 Å². The van der Waals surface area contributed by atoms with Crippen LogP contribution in [0.1, 0.15) is 28.8 Å². The van der Waals surface area contributed by atoms with Crippen molar-refractivity contribution in [1.29, 1.82) is 0 Å². The molecule has 1 N–H and O–H groups in total. The summed E-state index contributed by atoms with van der Waals surface area (Å²) in [6.45, 7) is 2.53. The number of benzene rings is 3. The summed E-state index contributed by atoms with van der Waals surface area (Å²) in [6, 6.07) is 22.1. The molecular weight excluding hydrogens is 413 g/mol. The highest BCUT2D eigenvalue weighted by molar-refractivity contribution is 6.34. The fourth-order valence-corrected chi connectivity index (χ4v) is 4.93. The van der Waals surface area contributed by atoms with Gasteiger partial charge in [0, 0.05) is 38.2 Å². The fourth-order valence-electron chi connectivity index (χ4n) is 4.67. The number of nitrogens with zero attached hydrogens (tertiary/aromatic N) is 2. The fraction of sp³-hybridized carbons (Fsp3) is 0.240. The third-order valence-corrected chi connectivity index (χ3v) is 6.54. The summed E-state index contributed by atoms with van der Waals surface area (Å²) >= 11 is 6.42. The van der Waals surface area contributed by atoms with Gasteiger partial charge in [0.15, 0.2) is 0 Å². The summed E-state index contributed by atoms with van der Waals surface area (Å²) in [5.41, 5.74) is 2.63. The van der Waals surface area contributed by atoms with Crippen molar-refractivity contribution in [3.8, 4) is 0 Å². The molecule has 0 bridgehead atoms. The van der Waals surface area contributed by atoms with Crippen molar-refractivity contribution in [3.63, 3.8) is 0 Å². The van der Waals surface area contributed by atoms with Gasteiger partial charge in [0.1, 0.15) is 11.5 Å². The Morgan fingerprint density at radius 1 is 0.968 bits per heavy atom. The Kier molecular flexibility index (Phi) is 5.16. The van der Waals surface area contributed by atoms with Crippen LogP contribution in [0.15, 0.2) is 72.8 Å². The van der Waals surface area contributed by atoms with Crippen molar-refractivity contribution in [3.05, 3.63) is 94.8 Å². The van der Waals surface area contributed by atoms with Gasteiger partial charge in [0.05, 0.1) is 16.3 Å². The molecule has 0 saturated carbocycles. The van der Waals surface area contributed by atoms with Gasteiger partial charge in [0.25, 0.3) is 5.91 Å². The summed E-state index contributed by atoms with van der Waals surface area (Å²) in [5, 5.41) is 3.88. The number of carbonyl (C=O) groups is 1. The van der Waals surface area contributed by atoms with Crippen LogP contribution >= 0.6 is 11.6 Å². The lowest BCUT2D eigenvalue weighted by atomic mass is 9.89. The van der Waals surface area contributed by atoms with Crippen LogP contribution in [0.5, 0.6) is 0 Å². The molecule has 1 fully saturated rings. The highest BCUT2D eigenvalue weighted by Gasteiger charge is 2.47. The zero-order valence-electron chi connectivity index (χ0n) is 17.0. The normalized spacial score (nSPS) is 18.0. The number of hydrogen-bond donors (Lipinski definition) is 1. The summed E-state index contributed by atoms with van der Waals surface area (Å²) < 4.78 is 13.7. The Morgan fingerprint density at radius 3 is 2.42 bits per heavy atom. The minimum absolute atomic E-state index is 0.112. The third-order valence-electron chi connectivity index (χ3n) is 6.24. The molecular formula is C25H23ClFN3O. The largest absolute Gasteiger partial charge is 0.362 e. The molecule has 5 rings (SSSR count). The summed E-state index contributed by atoms with van der Waals surface area (Å²) in [5.74, 6) is -0.530. The Morgan fingerprint density at radius 2 is 1.68 bits per heavy atom. The van der Waals surface area contributed by atoms with Crippen molar-refractivity contribution < 1.29 is 9.18 Å². The number of para-hydroxylation sites is 1. The first-order chi connectivity index (χ1) is 15.1. The van der Waals surface area contributed by atoms with Gasteiger partial charge >= 0.3 is 0 Å². The first-order valence-electron chi connectivity index (χ1n) is 10.5. The maximum absolute atomic E-state index is 13.7. The minimum atomic E-state index is -0.611. The quantitative estimate of drug-likeness (QED) is 0.586. The van der Waals surface area contributed by atoms with Gasteiger partial charge < -0.3 is 5.32 Å². The highest BCUT2D eigenvalue weighted by atomic mass is 35.5. The Bertz CT molecular complexity index is 1110. The van der Waals surface area contributed by atoms with Gasteiger partial charge in [-0.1, -0.05) is 54.1 Å². The van der Waals surface area contributed by atoms with Crippen LogP contribution in [0, 0.1) is 5.82 Å². The first kappa shape index (κ1) is 20.0. The Labute approximate surface area is 186 Å². The lowest BCUT2D eigenvalue weighted by Crippen LogP contribution is -2.64. The zero-order valence-corrected chi connectivity index (χ0v) is 17.8. The molecule has 1 amide bonds. The van der Waals surface area contributed by atoms with E-state index >= 15 is 0 Å². The Hall–Kier alpha value is -2.89. The lowest BCUT2D eigenvalue weighted by molar-refractivity contribution is 0.0904. The molecule has 3 aromatic rings. The average Bonchev–Trinajstić information content (AvgIpc) is 2.78. The van der Waals surface area contributed by atoms with Crippen molar-refractivity contribution in [1.82, 2.24) is 4.90 Å². The van der Waals surface area contributed by atoms with Gasteiger partial charge in [-0.3, -0.25) is 14.6 Å². The number of hydrogen-bond acceptors (Lipinski definition) is 3. The molecule has 1 spiro atoms. The van der Waals surface area contributed by atoms with E-state index in [1.54, 1.807) is 11.0 Å². The van der Waals surface area contributed by atoms with Crippen LogP contribution in [0.25, 0.3) is 0 Å². The highest BCUT2D eigenvalue weighted by Crippen LogP contribution is 2.43. The van der Waals surface area contributed by atoms with Crippen LogP contribution < -0.4 is 10.2 Å². The van der Waals surface area contributed by atoms with Crippen molar-refractivity contribution in [2.45, 2.75) is 25.0 Å². The van der Waals surface area contributed by atoms with E-state index in [1.807, 2.05) is 30.3 Å². The molecule has 0 radical (unpaired) electrons. The molecule has 4 nitrogen and oxygen atoms in total. The SMILES string of the molecule is O=C1c2ccccc2NC2(CCN(Cc3ccccc3)CC2)N1c1ccc(F)cc1Cl. The third kappa shape index (κ3) is 3.68. The molecule has 1 saturated heterocycles. The van der Waals surface area contributed by atoms with Crippen molar-refractivity contribution >= 4 is 28.9 Å². The number of nitrogens with one attached hydrogen (secondary N) is 1. The van der Waals surface area contributed by atoms with E-state index in [2.05, 4.69) is 34.5 Å². The molecule has 31 heavy (non-hydrogen) atoms. The molecule has 2 aliphatic rings. The first-order valence-corrected chi connectivity index (χ1v) is 10.9. The molecule has 6 heteroatoms. The molecule has 0 atom stereocenters.